The van der Waals surface area contributed by atoms with Crippen LogP contribution in [0.2, 0.25) is 5.02 Å². The van der Waals surface area contributed by atoms with Gasteiger partial charge in [-0.15, -0.1) is 0 Å². The van der Waals surface area contributed by atoms with Crippen molar-refractivity contribution >= 4 is 33.2 Å². The summed E-state index contributed by atoms with van der Waals surface area (Å²) in [7, 11) is -3.98. The van der Waals surface area contributed by atoms with E-state index in [2.05, 4.69) is 5.32 Å². The van der Waals surface area contributed by atoms with Crippen LogP contribution in [0, 0.1) is 0 Å². The first-order chi connectivity index (χ1) is 16.9. The molecule has 4 aromatic carbocycles. The van der Waals surface area contributed by atoms with E-state index in [-0.39, 0.29) is 11.4 Å². The maximum absolute atomic E-state index is 13.4. The Balaban J connectivity index is 1.58. The Morgan fingerprint density at radius 1 is 0.800 bits per heavy atom. The van der Waals surface area contributed by atoms with Crippen LogP contribution in [0.4, 0.5) is 5.69 Å². The number of sulfonamides is 1. The van der Waals surface area contributed by atoms with Gasteiger partial charge >= 0.3 is 0 Å². The minimum atomic E-state index is -3.98. The van der Waals surface area contributed by atoms with Crippen molar-refractivity contribution in [3.05, 3.63) is 120 Å². The Morgan fingerprint density at radius 2 is 1.40 bits per heavy atom. The number of hydrogen-bond donors (Lipinski definition) is 1. The highest BCUT2D eigenvalue weighted by molar-refractivity contribution is 7.89. The first-order valence-corrected chi connectivity index (χ1v) is 12.7. The van der Waals surface area contributed by atoms with Crippen molar-refractivity contribution in [2.24, 2.45) is 0 Å². The molecule has 0 radical (unpaired) electrons. The lowest BCUT2D eigenvalue weighted by Gasteiger charge is -2.23. The van der Waals surface area contributed by atoms with Gasteiger partial charge in [-0.05, 0) is 48.0 Å². The summed E-state index contributed by atoms with van der Waals surface area (Å²) in [5.41, 5.74) is 1.02. The third-order valence-corrected chi connectivity index (χ3v) is 7.31. The van der Waals surface area contributed by atoms with Crippen molar-refractivity contribution in [1.29, 1.82) is 0 Å². The van der Waals surface area contributed by atoms with Crippen molar-refractivity contribution in [3.63, 3.8) is 0 Å². The topological polar surface area (TPSA) is 75.7 Å². The number of anilines is 1. The Hall–Kier alpha value is -3.65. The molecule has 0 aliphatic carbocycles. The van der Waals surface area contributed by atoms with Crippen molar-refractivity contribution in [1.82, 2.24) is 4.31 Å². The molecule has 0 spiro atoms. The van der Waals surface area contributed by atoms with Crippen LogP contribution < -0.4 is 10.1 Å². The molecule has 1 N–H and O–H groups in total. The van der Waals surface area contributed by atoms with Crippen molar-refractivity contribution in [2.45, 2.75) is 11.4 Å². The van der Waals surface area contributed by atoms with Crippen LogP contribution in [0.5, 0.6) is 11.5 Å². The molecule has 8 heteroatoms. The van der Waals surface area contributed by atoms with Gasteiger partial charge in [0, 0.05) is 11.6 Å². The van der Waals surface area contributed by atoms with Crippen LogP contribution in [-0.2, 0) is 21.4 Å². The molecule has 0 bridgehead atoms. The molecule has 0 aromatic heterocycles. The monoisotopic (exact) mass is 506 g/mol. The summed E-state index contributed by atoms with van der Waals surface area (Å²) in [6.45, 7) is -0.478. The van der Waals surface area contributed by atoms with E-state index in [4.69, 9.17) is 16.3 Å². The zero-order valence-electron chi connectivity index (χ0n) is 18.7. The van der Waals surface area contributed by atoms with Gasteiger partial charge in [0.15, 0.2) is 5.75 Å². The van der Waals surface area contributed by atoms with Gasteiger partial charge in [-0.25, -0.2) is 8.42 Å². The summed E-state index contributed by atoms with van der Waals surface area (Å²) >= 11 is 6.29. The summed E-state index contributed by atoms with van der Waals surface area (Å²) in [4.78, 5) is 13.2. The number of halogens is 1. The van der Waals surface area contributed by atoms with Crippen LogP contribution in [0.25, 0.3) is 0 Å². The molecule has 0 saturated carbocycles. The fourth-order valence-corrected chi connectivity index (χ4v) is 5.00. The second kappa shape index (κ2) is 11.2. The average molecular weight is 507 g/mol. The molecule has 178 valence electrons. The molecule has 0 saturated heterocycles. The SMILES string of the molecule is O=C(CN(Cc1ccccc1Cl)S(=O)(=O)c1ccccc1)Nc1ccccc1Oc1ccccc1. The van der Waals surface area contributed by atoms with E-state index in [1.54, 1.807) is 78.9 Å². The van der Waals surface area contributed by atoms with E-state index < -0.39 is 22.5 Å². The van der Waals surface area contributed by atoms with Gasteiger partial charge in [0.25, 0.3) is 0 Å². The molecule has 6 nitrogen and oxygen atoms in total. The number of nitrogens with one attached hydrogen (secondary N) is 1. The second-order valence-electron chi connectivity index (χ2n) is 7.64. The van der Waals surface area contributed by atoms with Crippen LogP contribution in [0.3, 0.4) is 0 Å². The highest BCUT2D eigenvalue weighted by Crippen LogP contribution is 2.29. The van der Waals surface area contributed by atoms with Gasteiger partial charge in [0.1, 0.15) is 5.75 Å². The van der Waals surface area contributed by atoms with Gasteiger partial charge in [0.2, 0.25) is 15.9 Å². The number of ether oxygens (including phenoxy) is 1. The minimum Gasteiger partial charge on any atom is -0.455 e. The number of benzene rings is 4. The van der Waals surface area contributed by atoms with Crippen LogP contribution >= 0.6 is 11.6 Å². The summed E-state index contributed by atoms with van der Waals surface area (Å²) < 4.78 is 33.9. The first kappa shape index (κ1) is 24.5. The lowest BCUT2D eigenvalue weighted by molar-refractivity contribution is -0.116. The van der Waals surface area contributed by atoms with Crippen LogP contribution in [0.15, 0.2) is 114 Å². The van der Waals surface area contributed by atoms with Gasteiger partial charge in [-0.1, -0.05) is 78.3 Å². The quantitative estimate of drug-likeness (QED) is 0.304. The third kappa shape index (κ3) is 6.27. The number of amides is 1. The summed E-state index contributed by atoms with van der Waals surface area (Å²) in [6.07, 6.45) is 0. The van der Waals surface area contributed by atoms with Crippen LogP contribution in [-0.4, -0.2) is 25.2 Å². The Labute approximate surface area is 209 Å². The maximum atomic E-state index is 13.4. The molecule has 0 unspecified atom stereocenters. The van der Waals surface area contributed by atoms with Gasteiger partial charge < -0.3 is 10.1 Å². The molecular weight excluding hydrogens is 484 g/mol. The molecule has 0 heterocycles. The van der Waals surface area contributed by atoms with Crippen molar-refractivity contribution in [2.75, 3.05) is 11.9 Å². The largest absolute Gasteiger partial charge is 0.455 e. The van der Waals surface area contributed by atoms with Crippen molar-refractivity contribution < 1.29 is 17.9 Å². The molecule has 4 aromatic rings. The molecule has 0 atom stereocenters. The van der Waals surface area contributed by atoms with Gasteiger partial charge in [-0.2, -0.15) is 4.31 Å². The first-order valence-electron chi connectivity index (χ1n) is 10.8. The van der Waals surface area contributed by atoms with Crippen molar-refractivity contribution in [3.8, 4) is 11.5 Å². The summed E-state index contributed by atoms with van der Waals surface area (Å²) in [5, 5.41) is 3.20. The molecule has 35 heavy (non-hydrogen) atoms. The Morgan fingerprint density at radius 3 is 2.11 bits per heavy atom. The standard InChI is InChI=1S/C27H23ClN2O4S/c28-24-16-8-7-11-21(24)19-30(35(32,33)23-14-5-2-6-15-23)20-27(31)29-25-17-9-10-18-26(25)34-22-12-3-1-4-13-22/h1-18H,19-20H2,(H,29,31). The molecule has 0 fully saturated rings. The van der Waals surface area contributed by atoms with E-state index in [0.717, 1.165) is 4.31 Å². The molecule has 1 amide bonds. The van der Waals surface area contributed by atoms with E-state index in [1.165, 1.54) is 12.1 Å². The molecule has 0 aliphatic heterocycles. The van der Waals surface area contributed by atoms with E-state index >= 15 is 0 Å². The Bertz CT molecular complexity index is 1400. The van der Waals surface area contributed by atoms with E-state index in [1.807, 2.05) is 18.2 Å². The predicted molar refractivity (Wildman–Crippen MR) is 137 cm³/mol. The Kier molecular flexibility index (Phi) is 7.82. The number of carbonyl (C=O) groups excluding carboxylic acids is 1. The van der Waals surface area contributed by atoms with Crippen LogP contribution in [0.1, 0.15) is 5.56 Å². The zero-order chi connectivity index (χ0) is 24.7. The average Bonchev–Trinajstić information content (AvgIpc) is 2.87. The highest BCUT2D eigenvalue weighted by Gasteiger charge is 2.27. The summed E-state index contributed by atoms with van der Waals surface area (Å²) in [5.74, 6) is 0.539. The molecular formula is C27H23ClN2O4S. The lowest BCUT2D eigenvalue weighted by atomic mass is 10.2. The lowest BCUT2D eigenvalue weighted by Crippen LogP contribution is -2.37. The number of carbonyl (C=O) groups is 1. The highest BCUT2D eigenvalue weighted by atomic mass is 35.5. The smallest absolute Gasteiger partial charge is 0.243 e. The van der Waals surface area contributed by atoms with Gasteiger partial charge in [0.05, 0.1) is 17.1 Å². The maximum Gasteiger partial charge on any atom is 0.243 e. The molecule has 4 rings (SSSR count). The number of rotatable bonds is 9. The second-order valence-corrected chi connectivity index (χ2v) is 9.98. The van der Waals surface area contributed by atoms with E-state index in [9.17, 15) is 13.2 Å². The fraction of sp³-hybridized carbons (Fsp3) is 0.0741. The normalized spacial score (nSPS) is 11.3. The van der Waals surface area contributed by atoms with E-state index in [0.29, 0.717) is 27.8 Å². The number of para-hydroxylation sites is 3. The molecule has 0 aliphatic rings. The number of hydrogen-bond acceptors (Lipinski definition) is 4. The van der Waals surface area contributed by atoms with Gasteiger partial charge in [-0.3, -0.25) is 4.79 Å². The minimum absolute atomic E-state index is 0.0630. The predicted octanol–water partition coefficient (Wildman–Crippen LogP) is 5.96. The zero-order valence-corrected chi connectivity index (χ0v) is 20.2. The fourth-order valence-electron chi connectivity index (χ4n) is 3.41. The third-order valence-electron chi connectivity index (χ3n) is 5.14. The number of nitrogens with zero attached hydrogens (tertiary/aromatic N) is 1. The summed E-state index contributed by atoms with van der Waals surface area (Å²) in [6, 6.07) is 31.1.